The van der Waals surface area contributed by atoms with Crippen LogP contribution in [0.15, 0.2) is 48.5 Å². The molecule has 4 atom stereocenters. The third-order valence-electron chi connectivity index (χ3n) is 6.32. The Hall–Kier alpha value is -2.66. The summed E-state index contributed by atoms with van der Waals surface area (Å²) in [5.74, 6) is -0.480. The average Bonchev–Trinajstić information content (AvgIpc) is 3.37. The van der Waals surface area contributed by atoms with Crippen LogP contribution in [0, 0.1) is 23.7 Å². The highest BCUT2D eigenvalue weighted by Crippen LogP contribution is 2.56. The molecule has 0 radical (unpaired) electrons. The minimum atomic E-state index is -0.612. The molecule has 0 unspecified atom stereocenters. The summed E-state index contributed by atoms with van der Waals surface area (Å²) >= 11 is 5.86. The van der Waals surface area contributed by atoms with Crippen molar-refractivity contribution in [3.05, 3.63) is 59.1 Å². The van der Waals surface area contributed by atoms with E-state index in [-0.39, 0.29) is 29.2 Å². The Morgan fingerprint density at radius 1 is 0.929 bits per heavy atom. The highest BCUT2D eigenvalue weighted by Gasteiger charge is 2.61. The monoisotopic (exact) mass is 395 g/mol. The predicted molar refractivity (Wildman–Crippen MR) is 103 cm³/mol. The van der Waals surface area contributed by atoms with Crippen LogP contribution in [0.25, 0.3) is 0 Å². The number of benzene rings is 2. The van der Waals surface area contributed by atoms with Crippen molar-refractivity contribution >= 4 is 35.1 Å². The largest absolute Gasteiger partial charge is 0.423 e. The fraction of sp³-hybridized carbons (Fsp3) is 0.318. The van der Waals surface area contributed by atoms with Gasteiger partial charge in [0.1, 0.15) is 5.75 Å². The Bertz CT molecular complexity index is 958. The highest BCUT2D eigenvalue weighted by atomic mass is 35.5. The summed E-state index contributed by atoms with van der Waals surface area (Å²) in [5.41, 5.74) is 0.511. The number of halogens is 1. The van der Waals surface area contributed by atoms with E-state index >= 15 is 0 Å². The second-order valence-electron chi connectivity index (χ2n) is 7.76. The van der Waals surface area contributed by atoms with Crippen molar-refractivity contribution in [2.24, 2.45) is 23.7 Å². The Labute approximate surface area is 167 Å². The number of esters is 1. The molecule has 1 saturated heterocycles. The van der Waals surface area contributed by atoms with Crippen LogP contribution in [0.1, 0.15) is 29.6 Å². The smallest absolute Gasteiger partial charge is 0.345 e. The van der Waals surface area contributed by atoms with Crippen molar-refractivity contribution in [3.8, 4) is 5.75 Å². The SMILES string of the molecule is O=C(Oc1ccc(Cl)cc1)c1ccccc1N1C(=O)[C@H]2[C@H]3CC[C@@H](C3)[C@@H]2C1=O. The topological polar surface area (TPSA) is 63.7 Å². The number of amides is 2. The van der Waals surface area contributed by atoms with Crippen LogP contribution in [0.2, 0.25) is 5.02 Å². The maximum Gasteiger partial charge on any atom is 0.345 e. The second-order valence-corrected chi connectivity index (χ2v) is 8.19. The summed E-state index contributed by atoms with van der Waals surface area (Å²) in [5, 5.41) is 0.537. The number of ether oxygens (including phenoxy) is 1. The molecule has 2 saturated carbocycles. The first-order valence-electron chi connectivity index (χ1n) is 9.49. The number of carbonyl (C=O) groups is 3. The summed E-state index contributed by atoms with van der Waals surface area (Å²) in [4.78, 5) is 40.2. The first-order valence-corrected chi connectivity index (χ1v) is 9.87. The van der Waals surface area contributed by atoms with E-state index in [1.54, 1.807) is 48.5 Å². The fourth-order valence-corrected chi connectivity index (χ4v) is 5.28. The molecule has 0 N–H and O–H groups in total. The summed E-state index contributed by atoms with van der Waals surface area (Å²) in [7, 11) is 0. The molecule has 2 amide bonds. The molecule has 1 heterocycles. The van der Waals surface area contributed by atoms with Gasteiger partial charge in [0.2, 0.25) is 11.8 Å². The van der Waals surface area contributed by atoms with Crippen LogP contribution < -0.4 is 9.64 Å². The van der Waals surface area contributed by atoms with Crippen molar-refractivity contribution in [3.63, 3.8) is 0 Å². The van der Waals surface area contributed by atoms with E-state index < -0.39 is 5.97 Å². The van der Waals surface area contributed by atoms with Gasteiger partial charge in [0.25, 0.3) is 0 Å². The number of imide groups is 1. The molecule has 2 aliphatic carbocycles. The average molecular weight is 396 g/mol. The van der Waals surface area contributed by atoms with Crippen molar-refractivity contribution in [2.75, 3.05) is 4.90 Å². The van der Waals surface area contributed by atoms with Gasteiger partial charge in [-0.1, -0.05) is 23.7 Å². The molecule has 2 aromatic carbocycles. The van der Waals surface area contributed by atoms with Crippen molar-refractivity contribution in [1.82, 2.24) is 0 Å². The molecule has 2 bridgehead atoms. The lowest BCUT2D eigenvalue weighted by atomic mass is 9.81. The van der Waals surface area contributed by atoms with Gasteiger partial charge in [-0.25, -0.2) is 9.69 Å². The molecule has 142 valence electrons. The van der Waals surface area contributed by atoms with Gasteiger partial charge in [-0.2, -0.15) is 0 Å². The molecule has 0 spiro atoms. The number of para-hydroxylation sites is 1. The molecular weight excluding hydrogens is 378 g/mol. The number of hydrogen-bond acceptors (Lipinski definition) is 4. The molecule has 6 heteroatoms. The quantitative estimate of drug-likeness (QED) is 0.446. The standard InChI is InChI=1S/C22H18ClNO4/c23-14-7-9-15(10-8-14)28-22(27)16-3-1-2-4-17(16)24-20(25)18-12-5-6-13(11-12)19(18)21(24)26/h1-4,7-10,12-13,18-19H,5-6,11H2/t12-,13-,18-,19-/m0/s1. The van der Waals surface area contributed by atoms with Crippen molar-refractivity contribution in [1.29, 1.82) is 0 Å². The van der Waals surface area contributed by atoms with E-state index in [9.17, 15) is 14.4 Å². The Kier molecular flexibility index (Phi) is 4.02. The minimum absolute atomic E-state index is 0.172. The Balaban J connectivity index is 1.47. The summed E-state index contributed by atoms with van der Waals surface area (Å²) < 4.78 is 5.43. The molecule has 1 aliphatic heterocycles. The molecule has 28 heavy (non-hydrogen) atoms. The van der Waals surface area contributed by atoms with Crippen LogP contribution in [0.4, 0.5) is 5.69 Å². The van der Waals surface area contributed by atoms with Crippen LogP contribution >= 0.6 is 11.6 Å². The Morgan fingerprint density at radius 2 is 1.54 bits per heavy atom. The van der Waals surface area contributed by atoms with Crippen molar-refractivity contribution in [2.45, 2.75) is 19.3 Å². The second kappa shape index (κ2) is 6.45. The first-order chi connectivity index (χ1) is 13.5. The zero-order chi connectivity index (χ0) is 19.4. The molecule has 3 aliphatic rings. The van der Waals surface area contributed by atoms with Crippen molar-refractivity contribution < 1.29 is 19.1 Å². The van der Waals surface area contributed by atoms with Gasteiger partial charge in [-0.15, -0.1) is 0 Å². The molecule has 5 nitrogen and oxygen atoms in total. The lowest BCUT2D eigenvalue weighted by Crippen LogP contribution is -2.34. The zero-order valence-corrected chi connectivity index (χ0v) is 15.8. The van der Waals surface area contributed by atoms with E-state index in [1.165, 1.54) is 4.90 Å². The van der Waals surface area contributed by atoms with E-state index in [4.69, 9.17) is 16.3 Å². The number of anilines is 1. The number of carbonyl (C=O) groups excluding carboxylic acids is 3. The zero-order valence-electron chi connectivity index (χ0n) is 15.0. The third-order valence-corrected chi connectivity index (χ3v) is 6.57. The van der Waals surface area contributed by atoms with Gasteiger partial charge in [-0.3, -0.25) is 9.59 Å². The maximum absolute atomic E-state index is 13.1. The predicted octanol–water partition coefficient (Wildman–Crippen LogP) is 4.09. The van der Waals surface area contributed by atoms with Gasteiger partial charge in [0.15, 0.2) is 0 Å². The van der Waals surface area contributed by atoms with E-state index in [1.807, 2.05) is 0 Å². The number of fused-ring (bicyclic) bond motifs is 5. The van der Waals surface area contributed by atoms with E-state index in [0.717, 1.165) is 19.3 Å². The highest BCUT2D eigenvalue weighted by molar-refractivity contribution is 6.30. The Morgan fingerprint density at radius 3 is 2.18 bits per heavy atom. The van der Waals surface area contributed by atoms with Gasteiger partial charge in [0.05, 0.1) is 23.1 Å². The lowest BCUT2D eigenvalue weighted by Gasteiger charge is -2.19. The van der Waals surface area contributed by atoms with Crippen LogP contribution in [0.3, 0.4) is 0 Å². The fourth-order valence-electron chi connectivity index (χ4n) is 5.15. The van der Waals surface area contributed by atoms with Gasteiger partial charge < -0.3 is 4.74 Å². The third kappa shape index (κ3) is 2.57. The van der Waals surface area contributed by atoms with Crippen LogP contribution in [-0.4, -0.2) is 17.8 Å². The normalized spacial score (nSPS) is 28.0. The summed E-state index contributed by atoms with van der Waals surface area (Å²) in [6.07, 6.45) is 3.00. The van der Waals surface area contributed by atoms with Gasteiger partial charge in [0, 0.05) is 5.02 Å². The van der Waals surface area contributed by atoms with E-state index in [2.05, 4.69) is 0 Å². The van der Waals surface area contributed by atoms with Gasteiger partial charge >= 0.3 is 5.97 Å². The molecule has 5 rings (SSSR count). The molecular formula is C22H18ClNO4. The molecule has 3 fully saturated rings. The summed E-state index contributed by atoms with van der Waals surface area (Å²) in [6, 6.07) is 13.1. The number of rotatable bonds is 3. The first kappa shape index (κ1) is 17.4. The number of hydrogen-bond donors (Lipinski definition) is 0. The lowest BCUT2D eigenvalue weighted by molar-refractivity contribution is -0.123. The van der Waals surface area contributed by atoms with Gasteiger partial charge in [-0.05, 0) is 67.5 Å². The number of nitrogens with zero attached hydrogens (tertiary/aromatic N) is 1. The van der Waals surface area contributed by atoms with Crippen LogP contribution in [-0.2, 0) is 9.59 Å². The minimum Gasteiger partial charge on any atom is -0.423 e. The molecule has 2 aromatic rings. The summed E-state index contributed by atoms with van der Waals surface area (Å²) in [6.45, 7) is 0. The van der Waals surface area contributed by atoms with E-state index in [0.29, 0.717) is 28.3 Å². The molecule has 0 aromatic heterocycles. The van der Waals surface area contributed by atoms with Crippen LogP contribution in [0.5, 0.6) is 5.75 Å². The maximum atomic E-state index is 13.1.